The number of carbonyl (C=O) groups excluding carboxylic acids is 2. The fraction of sp³-hybridized carbons (Fsp3) is 0.556. The highest BCUT2D eigenvalue weighted by molar-refractivity contribution is 5.90. The molecule has 0 unspecified atom stereocenters. The summed E-state index contributed by atoms with van der Waals surface area (Å²) in [7, 11) is 0. The van der Waals surface area contributed by atoms with Crippen LogP contribution in [0, 0.1) is 5.82 Å². The Bertz CT molecular complexity index is 694. The quantitative estimate of drug-likeness (QED) is 0.743. The molecule has 148 valence electrons. The summed E-state index contributed by atoms with van der Waals surface area (Å²) in [5.41, 5.74) is 0.940. The molecule has 27 heavy (non-hydrogen) atoms. The first-order valence-corrected chi connectivity index (χ1v) is 9.08. The van der Waals surface area contributed by atoms with Crippen LogP contribution in [0.25, 0.3) is 0 Å². The summed E-state index contributed by atoms with van der Waals surface area (Å²) in [5, 5.41) is 11.6. The van der Waals surface area contributed by atoms with Crippen LogP contribution in [0.1, 0.15) is 6.92 Å². The van der Waals surface area contributed by atoms with Gasteiger partial charge in [0.25, 0.3) is 0 Å². The SMILES string of the molecule is CC(=O)NC[C@H]1CN(c2ccc(N3CCN(CCO)CC3)c(F)c2)C(=O)O1. The number of carbonyl (C=O) groups is 2. The number of nitrogens with zero attached hydrogens (tertiary/aromatic N) is 3. The van der Waals surface area contributed by atoms with Gasteiger partial charge in [0.1, 0.15) is 11.9 Å². The van der Waals surface area contributed by atoms with Gasteiger partial charge in [0.15, 0.2) is 0 Å². The third kappa shape index (κ3) is 4.67. The van der Waals surface area contributed by atoms with E-state index in [0.717, 1.165) is 13.1 Å². The van der Waals surface area contributed by atoms with E-state index >= 15 is 0 Å². The minimum Gasteiger partial charge on any atom is -0.442 e. The largest absolute Gasteiger partial charge is 0.442 e. The number of nitrogens with one attached hydrogen (secondary N) is 1. The van der Waals surface area contributed by atoms with E-state index < -0.39 is 12.2 Å². The highest BCUT2D eigenvalue weighted by Gasteiger charge is 2.33. The fourth-order valence-electron chi connectivity index (χ4n) is 3.37. The molecule has 3 rings (SSSR count). The van der Waals surface area contributed by atoms with Crippen molar-refractivity contribution in [2.24, 2.45) is 0 Å². The molecular weight excluding hydrogens is 355 g/mol. The number of aliphatic hydroxyl groups excluding tert-OH is 1. The predicted octanol–water partition coefficient (Wildman–Crippen LogP) is 0.401. The highest BCUT2D eigenvalue weighted by atomic mass is 19.1. The summed E-state index contributed by atoms with van der Waals surface area (Å²) in [6, 6.07) is 4.73. The van der Waals surface area contributed by atoms with Crippen LogP contribution >= 0.6 is 0 Å². The van der Waals surface area contributed by atoms with E-state index in [1.54, 1.807) is 12.1 Å². The van der Waals surface area contributed by atoms with Gasteiger partial charge in [0, 0.05) is 39.6 Å². The second kappa shape index (κ2) is 8.53. The lowest BCUT2D eigenvalue weighted by Gasteiger charge is -2.36. The molecule has 0 radical (unpaired) electrons. The first-order valence-electron chi connectivity index (χ1n) is 9.08. The lowest BCUT2D eigenvalue weighted by atomic mass is 10.2. The molecule has 2 aliphatic rings. The van der Waals surface area contributed by atoms with Crippen LogP contribution < -0.4 is 15.1 Å². The van der Waals surface area contributed by atoms with Gasteiger partial charge in [-0.3, -0.25) is 14.6 Å². The van der Waals surface area contributed by atoms with Crippen molar-refractivity contribution in [1.29, 1.82) is 0 Å². The lowest BCUT2D eigenvalue weighted by molar-refractivity contribution is -0.119. The molecule has 2 amide bonds. The molecule has 2 saturated heterocycles. The predicted molar refractivity (Wildman–Crippen MR) is 98.4 cm³/mol. The molecule has 1 aromatic rings. The van der Waals surface area contributed by atoms with Crippen molar-refractivity contribution in [3.63, 3.8) is 0 Å². The van der Waals surface area contributed by atoms with Crippen LogP contribution in [0.3, 0.4) is 0 Å². The summed E-state index contributed by atoms with van der Waals surface area (Å²) >= 11 is 0. The minimum absolute atomic E-state index is 0.123. The van der Waals surface area contributed by atoms with E-state index in [1.165, 1.54) is 17.9 Å². The van der Waals surface area contributed by atoms with Crippen molar-refractivity contribution in [3.05, 3.63) is 24.0 Å². The maximum Gasteiger partial charge on any atom is 0.414 e. The van der Waals surface area contributed by atoms with Crippen LogP contribution in [0.15, 0.2) is 18.2 Å². The molecule has 0 aliphatic carbocycles. The van der Waals surface area contributed by atoms with Crippen LogP contribution in [0.5, 0.6) is 0 Å². The summed E-state index contributed by atoms with van der Waals surface area (Å²) in [4.78, 5) is 28.5. The summed E-state index contributed by atoms with van der Waals surface area (Å²) in [6.45, 7) is 5.54. The Labute approximate surface area is 157 Å². The van der Waals surface area contributed by atoms with Gasteiger partial charge in [0.05, 0.1) is 31.1 Å². The van der Waals surface area contributed by atoms with Gasteiger partial charge in [-0.25, -0.2) is 9.18 Å². The molecule has 0 saturated carbocycles. The fourth-order valence-corrected chi connectivity index (χ4v) is 3.37. The van der Waals surface area contributed by atoms with E-state index in [-0.39, 0.29) is 31.4 Å². The number of amides is 2. The van der Waals surface area contributed by atoms with Crippen molar-refractivity contribution in [2.75, 3.05) is 62.2 Å². The molecule has 0 spiro atoms. The standard InChI is InChI=1S/C18H25FN4O4/c1-13(25)20-11-15-12-23(18(26)27-15)14-2-3-17(16(19)10-14)22-6-4-21(5-7-22)8-9-24/h2-3,10,15,24H,4-9,11-12H2,1H3,(H,20,25)/t15-/m0/s1. The maximum atomic E-state index is 14.7. The highest BCUT2D eigenvalue weighted by Crippen LogP contribution is 2.28. The number of β-amino-alcohol motifs (C(OH)–C–C–N with tert-alkyl or cyclic N) is 1. The molecule has 0 aromatic heterocycles. The molecular formula is C18H25FN4O4. The van der Waals surface area contributed by atoms with Crippen LogP contribution in [-0.4, -0.2) is 80.5 Å². The number of benzene rings is 1. The zero-order chi connectivity index (χ0) is 19.4. The summed E-state index contributed by atoms with van der Waals surface area (Å²) in [6.07, 6.45) is -1.00. The molecule has 8 nitrogen and oxygen atoms in total. The van der Waals surface area contributed by atoms with Gasteiger partial charge in [-0.2, -0.15) is 0 Å². The Hall–Kier alpha value is -2.39. The van der Waals surface area contributed by atoms with Crippen molar-refractivity contribution in [3.8, 4) is 0 Å². The first-order chi connectivity index (χ1) is 13.0. The molecule has 9 heteroatoms. The molecule has 2 N–H and O–H groups in total. The van der Waals surface area contributed by atoms with Gasteiger partial charge in [-0.1, -0.05) is 0 Å². The van der Waals surface area contributed by atoms with E-state index in [9.17, 15) is 14.0 Å². The van der Waals surface area contributed by atoms with Crippen LogP contribution in [-0.2, 0) is 9.53 Å². The maximum absolute atomic E-state index is 14.7. The summed E-state index contributed by atoms with van der Waals surface area (Å²) < 4.78 is 19.9. The molecule has 0 bridgehead atoms. The number of ether oxygens (including phenoxy) is 1. The molecule has 2 heterocycles. The number of hydrogen-bond donors (Lipinski definition) is 2. The van der Waals surface area contributed by atoms with E-state index in [1.807, 2.05) is 4.90 Å². The number of rotatable bonds is 6. The average molecular weight is 380 g/mol. The molecule has 1 atom stereocenters. The van der Waals surface area contributed by atoms with Gasteiger partial charge < -0.3 is 20.1 Å². The minimum atomic E-state index is -0.546. The number of halogens is 1. The Morgan fingerprint density at radius 3 is 2.70 bits per heavy atom. The van der Waals surface area contributed by atoms with Gasteiger partial charge >= 0.3 is 6.09 Å². The number of anilines is 2. The normalized spacial score (nSPS) is 20.7. The summed E-state index contributed by atoms with van der Waals surface area (Å²) in [5.74, 6) is -0.583. The third-order valence-corrected chi connectivity index (χ3v) is 4.82. The van der Waals surface area contributed by atoms with E-state index in [4.69, 9.17) is 9.84 Å². The van der Waals surface area contributed by atoms with Crippen LogP contribution in [0.2, 0.25) is 0 Å². The molecule has 2 aliphatic heterocycles. The van der Waals surface area contributed by atoms with Crippen molar-refractivity contribution < 1.29 is 23.8 Å². The Morgan fingerprint density at radius 2 is 2.07 bits per heavy atom. The van der Waals surface area contributed by atoms with Crippen molar-refractivity contribution in [1.82, 2.24) is 10.2 Å². The van der Waals surface area contributed by atoms with Crippen molar-refractivity contribution in [2.45, 2.75) is 13.0 Å². The number of aliphatic hydroxyl groups is 1. The topological polar surface area (TPSA) is 85.4 Å². The zero-order valence-electron chi connectivity index (χ0n) is 15.4. The van der Waals surface area contributed by atoms with Crippen LogP contribution in [0.4, 0.5) is 20.6 Å². The monoisotopic (exact) mass is 380 g/mol. The second-order valence-corrected chi connectivity index (χ2v) is 6.74. The zero-order valence-corrected chi connectivity index (χ0v) is 15.4. The number of cyclic esters (lactones) is 1. The second-order valence-electron chi connectivity index (χ2n) is 6.74. The lowest BCUT2D eigenvalue weighted by Crippen LogP contribution is -2.47. The first kappa shape index (κ1) is 19.4. The molecule has 1 aromatic carbocycles. The third-order valence-electron chi connectivity index (χ3n) is 4.82. The number of piperazine rings is 1. The van der Waals surface area contributed by atoms with E-state index in [0.29, 0.717) is 31.0 Å². The Kier molecular flexibility index (Phi) is 6.12. The smallest absolute Gasteiger partial charge is 0.414 e. The van der Waals surface area contributed by atoms with Gasteiger partial charge in [-0.05, 0) is 18.2 Å². The van der Waals surface area contributed by atoms with Crippen molar-refractivity contribution >= 4 is 23.4 Å². The van der Waals surface area contributed by atoms with E-state index in [2.05, 4.69) is 10.2 Å². The van der Waals surface area contributed by atoms with Gasteiger partial charge in [-0.15, -0.1) is 0 Å². The number of hydrogen-bond acceptors (Lipinski definition) is 6. The molecule has 2 fully saturated rings. The Balaban J connectivity index is 1.63. The average Bonchev–Trinajstić information content (AvgIpc) is 3.02. The Morgan fingerprint density at radius 1 is 1.33 bits per heavy atom. The van der Waals surface area contributed by atoms with Gasteiger partial charge in [0.2, 0.25) is 5.91 Å².